The Kier molecular flexibility index (Phi) is 16.5. The quantitative estimate of drug-likeness (QED) is 0.0244. The highest BCUT2D eigenvalue weighted by molar-refractivity contribution is 6.03. The Labute approximate surface area is 386 Å². The van der Waals surface area contributed by atoms with E-state index in [4.69, 9.17) is 24.2 Å². The van der Waals surface area contributed by atoms with Gasteiger partial charge in [0.15, 0.2) is 0 Å². The number of allylic oxidation sites excluding steroid dienone is 1. The Morgan fingerprint density at radius 3 is 2.44 bits per heavy atom. The molecule has 4 aromatic rings. The number of carbonyl (C=O) groups is 1. The largest absolute Gasteiger partial charge is 0.489 e. The monoisotopic (exact) mass is 901 g/mol. The zero-order chi connectivity index (χ0) is 46.5. The smallest absolute Gasteiger partial charge is 0.269 e. The summed E-state index contributed by atoms with van der Waals surface area (Å²) >= 11 is 0. The molecule has 12 nitrogen and oxygen atoms in total. The number of halogens is 1. The molecule has 0 aromatic heterocycles. The first-order valence-electron chi connectivity index (χ1n) is 23.0. The van der Waals surface area contributed by atoms with Crippen LogP contribution >= 0.6 is 0 Å². The molecule has 1 fully saturated rings. The second-order valence-electron chi connectivity index (χ2n) is 17.1. The van der Waals surface area contributed by atoms with Crippen LogP contribution in [0.2, 0.25) is 0 Å². The maximum Gasteiger partial charge on any atom is 0.269 e. The van der Waals surface area contributed by atoms with E-state index in [9.17, 15) is 29.5 Å². The molecule has 1 aliphatic heterocycles. The predicted molar refractivity (Wildman–Crippen MR) is 251 cm³/mol. The van der Waals surface area contributed by atoms with Crippen LogP contribution in [-0.4, -0.2) is 69.8 Å². The molecule has 13 heteroatoms. The number of carbonyl (C=O) groups excluding carboxylic acids is 1. The van der Waals surface area contributed by atoms with Crippen LogP contribution in [0, 0.1) is 33.7 Å². The third-order valence-corrected chi connectivity index (χ3v) is 12.9. The molecule has 4 aromatic carbocycles. The van der Waals surface area contributed by atoms with Crippen LogP contribution in [0.25, 0.3) is 6.08 Å². The first kappa shape index (κ1) is 47.8. The summed E-state index contributed by atoms with van der Waals surface area (Å²) < 4.78 is 35.5. The first-order chi connectivity index (χ1) is 32.2. The van der Waals surface area contributed by atoms with Crippen molar-refractivity contribution in [2.75, 3.05) is 26.4 Å². The molecule has 0 bridgehead atoms. The van der Waals surface area contributed by atoms with Crippen LogP contribution in [0.3, 0.4) is 0 Å². The molecule has 0 unspecified atom stereocenters. The fourth-order valence-electron chi connectivity index (χ4n) is 9.90. The van der Waals surface area contributed by atoms with Gasteiger partial charge in [-0.25, -0.2) is 4.39 Å². The van der Waals surface area contributed by atoms with Crippen molar-refractivity contribution in [2.24, 2.45) is 22.9 Å². The van der Waals surface area contributed by atoms with Crippen LogP contribution in [0.1, 0.15) is 86.5 Å². The Morgan fingerprint density at radius 1 is 0.985 bits per heavy atom. The van der Waals surface area contributed by atoms with E-state index in [1.807, 2.05) is 55.5 Å². The third-order valence-electron chi connectivity index (χ3n) is 12.9. The van der Waals surface area contributed by atoms with Crippen LogP contribution in [0.5, 0.6) is 11.5 Å². The number of unbranched alkanes of at least 4 members (excludes halogenated alkanes) is 2. The lowest BCUT2D eigenvalue weighted by Gasteiger charge is -2.60. The number of ether oxygens (including phenoxy) is 3. The molecule has 0 saturated heterocycles. The molecule has 6 atom stereocenters. The number of aliphatic hydroxyl groups is 2. The van der Waals surface area contributed by atoms with Crippen LogP contribution in [0.15, 0.2) is 133 Å². The highest BCUT2D eigenvalue weighted by Gasteiger charge is 2.65. The number of oxime groups is 1. The lowest BCUT2D eigenvalue weighted by molar-refractivity contribution is -0.384. The highest BCUT2D eigenvalue weighted by Crippen LogP contribution is 2.62. The lowest BCUT2D eigenvalue weighted by Crippen LogP contribution is -2.70. The molecule has 1 saturated carbocycles. The number of nitrogens with zero attached hydrogens (tertiary/aromatic N) is 3. The number of amides is 1. The summed E-state index contributed by atoms with van der Waals surface area (Å²) in [5.74, 6) is -1.85. The Bertz CT molecular complexity index is 2370. The molecular weight excluding hydrogens is 842 g/mol. The van der Waals surface area contributed by atoms with Crippen molar-refractivity contribution in [1.29, 1.82) is 0 Å². The van der Waals surface area contributed by atoms with Gasteiger partial charge < -0.3 is 34.2 Å². The lowest BCUT2D eigenvalue weighted by atomic mass is 9.55. The van der Waals surface area contributed by atoms with Gasteiger partial charge in [-0.15, -0.1) is 6.58 Å². The second kappa shape index (κ2) is 22.8. The number of rotatable bonds is 23. The Hall–Kier alpha value is -6.15. The molecule has 3 aliphatic rings. The summed E-state index contributed by atoms with van der Waals surface area (Å²) in [7, 11) is 0. The molecule has 0 radical (unpaired) electrons. The van der Waals surface area contributed by atoms with Crippen LogP contribution in [-0.2, 0) is 27.6 Å². The summed E-state index contributed by atoms with van der Waals surface area (Å²) in [6.45, 7) is 6.82. The zero-order valence-electron chi connectivity index (χ0n) is 37.5. The highest BCUT2D eigenvalue weighted by atomic mass is 19.1. The van der Waals surface area contributed by atoms with Crippen LogP contribution in [0.4, 0.5) is 10.1 Å². The van der Waals surface area contributed by atoms with Crippen molar-refractivity contribution < 1.29 is 43.4 Å². The van der Waals surface area contributed by atoms with Gasteiger partial charge in [0.1, 0.15) is 36.6 Å². The molecule has 7 rings (SSSR count). The minimum atomic E-state index is -1.47. The van der Waals surface area contributed by atoms with E-state index in [0.717, 1.165) is 42.4 Å². The summed E-state index contributed by atoms with van der Waals surface area (Å²) in [6.07, 6.45) is 12.3. The minimum Gasteiger partial charge on any atom is -0.489 e. The number of aliphatic hydroxyl groups excluding tert-OH is 2. The first-order valence-corrected chi connectivity index (χ1v) is 23.0. The van der Waals surface area contributed by atoms with E-state index in [1.165, 1.54) is 24.3 Å². The van der Waals surface area contributed by atoms with Gasteiger partial charge >= 0.3 is 0 Å². The molecule has 66 heavy (non-hydrogen) atoms. The van der Waals surface area contributed by atoms with Gasteiger partial charge in [-0.1, -0.05) is 85.6 Å². The molecular formula is C53H60FN3O9. The number of nitro benzene ring substituents is 1. The standard InChI is InChI=1S/C53H60FN3O9/c1-3-28-56(50(60)27-22-37-20-23-41(24-21-37)57(61)62)49-34-47(55-65-35-38-14-6-5-7-15-38)44-32-39(16-10-12-29-58)43(18-11-13-30-59)51-45-33-42(63-36-40-17-8-9-19-46(40)54)25-26-48(45)66-53(49,52(44)51)64-31-4-2/h4-9,14-15,17,19-27,32-33,39,43,49,51-52,58-59H,2-3,10-13,16,18,28-31,34-36H2,1H3/t39-,43+,49-,51+,52+,53+/m0/s1. The van der Waals surface area contributed by atoms with Crippen LogP contribution < -0.4 is 9.47 Å². The molecule has 2 N–H and O–H groups in total. The van der Waals surface area contributed by atoms with E-state index in [-0.39, 0.29) is 74.6 Å². The fraction of sp³-hybridized carbons (Fsp3) is 0.396. The number of benzene rings is 4. The second-order valence-corrected chi connectivity index (χ2v) is 17.1. The van der Waals surface area contributed by atoms with Gasteiger partial charge in [0.05, 0.1) is 23.2 Å². The normalized spacial score (nSPS) is 22.5. The van der Waals surface area contributed by atoms with Gasteiger partial charge in [-0.3, -0.25) is 14.9 Å². The minimum absolute atomic E-state index is 0.0113. The van der Waals surface area contributed by atoms with Gasteiger partial charge in [0, 0.05) is 61.4 Å². The van der Waals surface area contributed by atoms with Crippen molar-refractivity contribution in [3.05, 3.63) is 166 Å². The van der Waals surface area contributed by atoms with E-state index < -0.39 is 22.7 Å². The van der Waals surface area contributed by atoms with Crippen molar-refractivity contribution >= 4 is 23.4 Å². The van der Waals surface area contributed by atoms with E-state index in [0.29, 0.717) is 54.1 Å². The maximum absolute atomic E-state index is 14.8. The Morgan fingerprint density at radius 2 is 1.73 bits per heavy atom. The summed E-state index contributed by atoms with van der Waals surface area (Å²) in [4.78, 5) is 33.7. The van der Waals surface area contributed by atoms with Gasteiger partial charge in [-0.05, 0) is 103 Å². The van der Waals surface area contributed by atoms with Gasteiger partial charge in [0.2, 0.25) is 11.7 Å². The molecule has 2 aliphatic carbocycles. The predicted octanol–water partition coefficient (Wildman–Crippen LogP) is 10.1. The average Bonchev–Trinajstić information content (AvgIpc) is 3.33. The third kappa shape index (κ3) is 10.9. The number of hydrogen-bond donors (Lipinski definition) is 2. The molecule has 1 heterocycles. The number of non-ortho nitro benzene ring substituents is 1. The summed E-state index contributed by atoms with van der Waals surface area (Å²) in [5.41, 5.74) is 4.38. The van der Waals surface area contributed by atoms with Crippen molar-refractivity contribution in [3.8, 4) is 11.5 Å². The maximum atomic E-state index is 14.8. The fourth-order valence-corrected chi connectivity index (χ4v) is 9.90. The number of nitro groups is 1. The van der Waals surface area contributed by atoms with Crippen molar-refractivity contribution in [1.82, 2.24) is 4.90 Å². The zero-order valence-corrected chi connectivity index (χ0v) is 37.5. The summed E-state index contributed by atoms with van der Waals surface area (Å²) in [5, 5.41) is 36.2. The Balaban J connectivity index is 1.40. The number of hydrogen-bond acceptors (Lipinski definition) is 10. The topological polar surface area (TPSA) is 153 Å². The summed E-state index contributed by atoms with van der Waals surface area (Å²) in [6, 6.07) is 27.2. The number of fused-ring (bicyclic) bond motifs is 2. The van der Waals surface area contributed by atoms with Gasteiger partial charge in [0.25, 0.3) is 5.69 Å². The van der Waals surface area contributed by atoms with Crippen molar-refractivity contribution in [3.63, 3.8) is 0 Å². The molecule has 0 spiro atoms. The van der Waals surface area contributed by atoms with E-state index in [2.05, 4.69) is 12.7 Å². The van der Waals surface area contributed by atoms with Crippen molar-refractivity contribution in [2.45, 2.75) is 89.3 Å². The van der Waals surface area contributed by atoms with E-state index in [1.54, 1.807) is 47.4 Å². The molecule has 348 valence electrons. The molecule has 1 amide bonds. The SMILES string of the molecule is C=CCO[C@@]12Oc3ccc(OCc4ccccc4F)cc3[C@H]3[C@H](CCCCO)[C@@H](CCCCO)C=C(C(=NOCc4ccccc4)C[C@@H]1N(CCC)C(=O)C=Cc1ccc([N+](=O)[O-])cc1)[C@H]32. The van der Waals surface area contributed by atoms with Gasteiger partial charge in [-0.2, -0.15) is 0 Å². The average molecular weight is 902 g/mol. The van der Waals surface area contributed by atoms with E-state index >= 15 is 0 Å².